The van der Waals surface area contributed by atoms with Crippen molar-refractivity contribution in [3.8, 4) is 28.5 Å². The largest absolute Gasteiger partial charge is 0.493 e. The molecule has 4 N–H and O–H groups in total. The number of pyridine rings is 3. The molecule has 0 aliphatic heterocycles. The topological polar surface area (TPSA) is 118 Å². The average molecular weight is 550 g/mol. The van der Waals surface area contributed by atoms with E-state index in [1.165, 1.54) is 12.3 Å². The molecule has 3 aromatic heterocycles. The number of fused-ring (bicyclic) bond motifs is 3. The monoisotopic (exact) mass is 549 g/mol. The zero-order valence-corrected chi connectivity index (χ0v) is 21.7. The lowest BCUT2D eigenvalue weighted by molar-refractivity contribution is -0.137. The van der Waals surface area contributed by atoms with Gasteiger partial charge < -0.3 is 25.7 Å². The lowest BCUT2D eigenvalue weighted by Crippen LogP contribution is -2.30. The Kier molecular flexibility index (Phi) is 7.31. The number of anilines is 1. The summed E-state index contributed by atoms with van der Waals surface area (Å²) in [5.41, 5.74) is 14.2. The molecule has 3 heterocycles. The van der Waals surface area contributed by atoms with Gasteiger partial charge in [-0.25, -0.2) is 4.98 Å². The number of rotatable bonds is 8. The Balaban J connectivity index is 1.39. The fourth-order valence-corrected chi connectivity index (χ4v) is 4.48. The van der Waals surface area contributed by atoms with Crippen molar-refractivity contribution in [1.29, 1.82) is 0 Å². The molecule has 0 amide bonds. The summed E-state index contributed by atoms with van der Waals surface area (Å²) in [7, 11) is 3.12. The highest BCUT2D eigenvalue weighted by Crippen LogP contribution is 2.37. The van der Waals surface area contributed by atoms with Gasteiger partial charge in [0.05, 0.1) is 37.2 Å². The minimum absolute atomic E-state index is 0.0760. The third-order valence-corrected chi connectivity index (χ3v) is 6.44. The van der Waals surface area contributed by atoms with Crippen molar-refractivity contribution in [3.63, 3.8) is 0 Å². The molecule has 0 radical (unpaired) electrons. The van der Waals surface area contributed by atoms with Gasteiger partial charge in [-0.05, 0) is 41.6 Å². The molecule has 0 aliphatic carbocycles. The molecule has 5 rings (SSSR count). The summed E-state index contributed by atoms with van der Waals surface area (Å²) in [5, 5.41) is 2.32. The van der Waals surface area contributed by atoms with E-state index < -0.39 is 17.8 Å². The molecule has 0 spiro atoms. The van der Waals surface area contributed by atoms with Gasteiger partial charge in [0.1, 0.15) is 18.2 Å². The zero-order valence-electron chi connectivity index (χ0n) is 21.7. The fourth-order valence-electron chi connectivity index (χ4n) is 4.48. The van der Waals surface area contributed by atoms with E-state index in [2.05, 4.69) is 15.0 Å². The quantitative estimate of drug-likeness (QED) is 0.247. The molecule has 1 atom stereocenters. The van der Waals surface area contributed by atoms with Crippen LogP contribution in [-0.4, -0.2) is 41.8 Å². The molecule has 8 nitrogen and oxygen atoms in total. The second kappa shape index (κ2) is 10.9. The maximum Gasteiger partial charge on any atom is 0.416 e. The van der Waals surface area contributed by atoms with Crippen molar-refractivity contribution < 1.29 is 27.4 Å². The molecule has 0 saturated carbocycles. The van der Waals surface area contributed by atoms with Crippen molar-refractivity contribution in [2.24, 2.45) is 5.73 Å². The number of nitrogen functional groups attached to an aromatic ring is 1. The summed E-state index contributed by atoms with van der Waals surface area (Å²) in [6, 6.07) is 11.9. The minimum Gasteiger partial charge on any atom is -0.493 e. The van der Waals surface area contributed by atoms with Crippen molar-refractivity contribution in [3.05, 3.63) is 78.2 Å². The van der Waals surface area contributed by atoms with E-state index in [0.29, 0.717) is 50.8 Å². The Morgan fingerprint density at radius 1 is 0.900 bits per heavy atom. The van der Waals surface area contributed by atoms with E-state index in [9.17, 15) is 13.2 Å². The van der Waals surface area contributed by atoms with Gasteiger partial charge in [0.25, 0.3) is 0 Å². The lowest BCUT2D eigenvalue weighted by Gasteiger charge is -2.15. The van der Waals surface area contributed by atoms with E-state index >= 15 is 0 Å². The maximum absolute atomic E-state index is 13.0. The number of hydrogen-bond donors (Lipinski definition) is 2. The predicted octanol–water partition coefficient (Wildman–Crippen LogP) is 5.41. The number of aromatic nitrogens is 3. The molecule has 0 aliphatic rings. The second-order valence-electron chi connectivity index (χ2n) is 9.22. The van der Waals surface area contributed by atoms with Crippen LogP contribution in [0.2, 0.25) is 0 Å². The highest BCUT2D eigenvalue weighted by Gasteiger charge is 2.30. The number of methoxy groups -OCH3 is 2. The lowest BCUT2D eigenvalue weighted by atomic mass is 10.0. The SMILES string of the molecule is COc1cc2ncc3c(N)nc(-c4cncc(OC[C@@H](N)Cc5cccc(C(F)(F)F)c5)c4)cc3c2cc1OC. The molecule has 206 valence electrons. The smallest absolute Gasteiger partial charge is 0.416 e. The summed E-state index contributed by atoms with van der Waals surface area (Å²) in [6.45, 7) is 0.0760. The summed E-state index contributed by atoms with van der Waals surface area (Å²) in [4.78, 5) is 13.3. The van der Waals surface area contributed by atoms with Gasteiger partial charge in [-0.1, -0.05) is 18.2 Å². The predicted molar refractivity (Wildman–Crippen MR) is 146 cm³/mol. The number of hydrogen-bond acceptors (Lipinski definition) is 8. The molecule has 2 aromatic carbocycles. The van der Waals surface area contributed by atoms with Gasteiger partial charge in [0.15, 0.2) is 11.5 Å². The molecule has 0 fully saturated rings. The summed E-state index contributed by atoms with van der Waals surface area (Å²) in [5.74, 6) is 1.85. The Bertz CT molecular complexity index is 1690. The normalized spacial score (nSPS) is 12.4. The van der Waals surface area contributed by atoms with Crippen molar-refractivity contribution in [2.45, 2.75) is 18.6 Å². The van der Waals surface area contributed by atoms with Crippen LogP contribution in [0.3, 0.4) is 0 Å². The fraction of sp³-hybridized carbons (Fsp3) is 0.207. The van der Waals surface area contributed by atoms with Crippen molar-refractivity contribution >= 4 is 27.5 Å². The van der Waals surface area contributed by atoms with Crippen LogP contribution in [-0.2, 0) is 12.6 Å². The summed E-state index contributed by atoms with van der Waals surface area (Å²) >= 11 is 0. The highest BCUT2D eigenvalue weighted by molar-refractivity contribution is 6.10. The Labute approximate surface area is 227 Å². The highest BCUT2D eigenvalue weighted by atomic mass is 19.4. The standard InChI is InChI=1S/C29H26F3N5O3/c1-38-26-10-22-21-9-24(37-28(34)23(21)14-36-25(22)11-27(26)39-2)17-8-20(13-35-12-17)40-15-19(33)7-16-4-3-5-18(6-16)29(30,31)32/h3-6,8-14,19H,7,15,33H2,1-2H3,(H2,34,37)/t19-/m0/s1. The van der Waals surface area contributed by atoms with E-state index in [-0.39, 0.29) is 13.0 Å². The third kappa shape index (κ3) is 5.55. The van der Waals surface area contributed by atoms with Crippen LogP contribution in [0.5, 0.6) is 17.2 Å². The van der Waals surface area contributed by atoms with Gasteiger partial charge >= 0.3 is 6.18 Å². The number of nitrogens with zero attached hydrogens (tertiary/aromatic N) is 3. The Morgan fingerprint density at radius 3 is 2.42 bits per heavy atom. The van der Waals surface area contributed by atoms with Gasteiger partial charge in [-0.3, -0.25) is 9.97 Å². The van der Waals surface area contributed by atoms with Gasteiger partial charge in [-0.15, -0.1) is 0 Å². The molecule has 5 aromatic rings. The van der Waals surface area contributed by atoms with E-state index in [1.54, 1.807) is 44.8 Å². The number of nitrogens with two attached hydrogens (primary N) is 2. The second-order valence-corrected chi connectivity index (χ2v) is 9.22. The number of alkyl halides is 3. The Morgan fingerprint density at radius 2 is 1.68 bits per heavy atom. The van der Waals surface area contributed by atoms with Crippen LogP contribution in [0, 0.1) is 0 Å². The number of ether oxygens (including phenoxy) is 3. The van der Waals surface area contributed by atoms with Crippen LogP contribution in [0.1, 0.15) is 11.1 Å². The van der Waals surface area contributed by atoms with Crippen LogP contribution >= 0.6 is 0 Å². The van der Waals surface area contributed by atoms with Crippen molar-refractivity contribution in [1.82, 2.24) is 15.0 Å². The van der Waals surface area contributed by atoms with Gasteiger partial charge in [0, 0.05) is 40.8 Å². The summed E-state index contributed by atoms with van der Waals surface area (Å²) in [6.07, 6.45) is 0.635. The molecule has 0 unspecified atom stereocenters. The minimum atomic E-state index is -4.41. The first kappa shape index (κ1) is 26.9. The Hall–Kier alpha value is -4.64. The molecule has 11 heteroatoms. The van der Waals surface area contributed by atoms with Crippen LogP contribution in [0.4, 0.5) is 19.0 Å². The first-order valence-electron chi connectivity index (χ1n) is 12.3. The molecule has 0 bridgehead atoms. The molecule has 0 saturated heterocycles. The molecular weight excluding hydrogens is 523 g/mol. The van der Waals surface area contributed by atoms with E-state index in [4.69, 9.17) is 25.7 Å². The van der Waals surface area contributed by atoms with Crippen molar-refractivity contribution in [2.75, 3.05) is 26.6 Å². The molecular formula is C29H26F3N5O3. The molecule has 40 heavy (non-hydrogen) atoms. The first-order valence-corrected chi connectivity index (χ1v) is 12.3. The average Bonchev–Trinajstić information content (AvgIpc) is 2.95. The van der Waals surface area contributed by atoms with Crippen LogP contribution in [0.15, 0.2) is 67.1 Å². The maximum atomic E-state index is 13.0. The van der Waals surface area contributed by atoms with Crippen LogP contribution < -0.4 is 25.7 Å². The van der Waals surface area contributed by atoms with Gasteiger partial charge in [-0.2, -0.15) is 13.2 Å². The third-order valence-electron chi connectivity index (χ3n) is 6.44. The number of benzene rings is 2. The van der Waals surface area contributed by atoms with E-state index in [0.717, 1.165) is 22.9 Å². The van der Waals surface area contributed by atoms with Gasteiger partial charge in [0.2, 0.25) is 0 Å². The zero-order chi connectivity index (χ0) is 28.4. The number of halogens is 3. The summed E-state index contributed by atoms with van der Waals surface area (Å²) < 4.78 is 55.8. The van der Waals surface area contributed by atoms with E-state index in [1.807, 2.05) is 12.1 Å². The van der Waals surface area contributed by atoms with Crippen LogP contribution in [0.25, 0.3) is 32.9 Å². The first-order chi connectivity index (χ1) is 19.2.